The molecule has 0 amide bonds. The van der Waals surface area contributed by atoms with Crippen LogP contribution in [0, 0.1) is 11.2 Å². The van der Waals surface area contributed by atoms with Crippen LogP contribution in [-0.2, 0) is 16.4 Å². The van der Waals surface area contributed by atoms with Gasteiger partial charge in [0, 0.05) is 12.5 Å². The van der Waals surface area contributed by atoms with Gasteiger partial charge in [-0.2, -0.15) is 22.5 Å². The van der Waals surface area contributed by atoms with E-state index in [1.54, 1.807) is 36.4 Å². The number of para-hydroxylation sites is 1. The van der Waals surface area contributed by atoms with E-state index in [-0.39, 0.29) is 46.4 Å². The number of aryl methyl sites for hydroxylation is 1. The van der Waals surface area contributed by atoms with Crippen LogP contribution in [0.4, 0.5) is 23.5 Å². The third kappa shape index (κ3) is 7.05. The van der Waals surface area contributed by atoms with Gasteiger partial charge in [-0.05, 0) is 18.2 Å². The number of halogens is 4. The topological polar surface area (TPSA) is 176 Å². The van der Waals surface area contributed by atoms with E-state index in [9.17, 15) is 26.0 Å². The molecule has 2 N–H and O–H groups in total. The number of hydrogen-bond acceptors (Lipinski definition) is 12. The number of ether oxygens (including phenoxy) is 4. The minimum atomic E-state index is -5.19. The Hall–Kier alpha value is -5.07. The first-order valence-electron chi connectivity index (χ1n) is 11.9. The van der Waals surface area contributed by atoms with E-state index >= 15 is 0 Å². The summed E-state index contributed by atoms with van der Waals surface area (Å²) in [6.07, 6.45) is -5.18. The number of aromatic nitrogens is 6. The minimum absolute atomic E-state index is 0.0789. The lowest BCUT2D eigenvalue weighted by Gasteiger charge is -2.17. The molecule has 1 aromatic carbocycles. The van der Waals surface area contributed by atoms with Crippen molar-refractivity contribution in [2.75, 3.05) is 31.8 Å². The summed E-state index contributed by atoms with van der Waals surface area (Å²) in [6, 6.07) is 9.67. The summed E-state index contributed by atoms with van der Waals surface area (Å²) in [5, 5.41) is 15.0. The number of benzene rings is 1. The Morgan fingerprint density at radius 3 is 2.30 bits per heavy atom. The third-order valence-electron chi connectivity index (χ3n) is 5.51. The highest BCUT2D eigenvalue weighted by atomic mass is 32.2. The van der Waals surface area contributed by atoms with E-state index in [0.717, 1.165) is 0 Å². The molecule has 0 radical (unpaired) electrons. The fraction of sp³-hybridized carbons (Fsp3) is 0.250. The lowest BCUT2D eigenvalue weighted by Crippen LogP contribution is -2.28. The second-order valence-electron chi connectivity index (χ2n) is 8.30. The summed E-state index contributed by atoms with van der Waals surface area (Å²) in [6.45, 7) is 0. The predicted octanol–water partition coefficient (Wildman–Crippen LogP) is 3.19. The number of pyridine rings is 1. The lowest BCUT2D eigenvalue weighted by molar-refractivity contribution is -0.0723. The van der Waals surface area contributed by atoms with Gasteiger partial charge in [0.25, 0.3) is 11.8 Å². The number of nitrogens with one attached hydrogen (secondary N) is 2. The molecule has 0 bridgehead atoms. The number of methoxy groups -OCH3 is 3. The maximum Gasteiger partial charge on any atom is 0.468 e. The normalized spacial score (nSPS) is 11.6. The summed E-state index contributed by atoms with van der Waals surface area (Å²) >= 11 is 0. The standard InChI is InChI=1S/C24H22F4N8O6S/c1-39-15-7-5-8-16(40-2)19(15)36-20(14-6-4-9-18(31-14)41-3)33-34-23(36)35-43(37,38)11-10-17-30-12-13(25)21(32-17)42-22(29)24(26,27)28/h4-9,12,29H,10-11H2,1-3H3,(H,34,35). The fourth-order valence-electron chi connectivity index (χ4n) is 3.58. The van der Waals surface area contributed by atoms with Crippen molar-refractivity contribution in [3.63, 3.8) is 0 Å². The van der Waals surface area contributed by atoms with Gasteiger partial charge < -0.3 is 18.9 Å². The van der Waals surface area contributed by atoms with Crippen molar-refractivity contribution in [1.29, 1.82) is 5.41 Å². The molecule has 0 fully saturated rings. The van der Waals surface area contributed by atoms with Gasteiger partial charge in [-0.25, -0.2) is 18.4 Å². The zero-order valence-corrected chi connectivity index (χ0v) is 23.3. The molecule has 0 aliphatic rings. The molecule has 4 rings (SSSR count). The van der Waals surface area contributed by atoms with Gasteiger partial charge in [-0.15, -0.1) is 10.2 Å². The number of nitrogens with zero attached hydrogens (tertiary/aromatic N) is 6. The molecule has 0 saturated heterocycles. The second-order valence-corrected chi connectivity index (χ2v) is 10.1. The van der Waals surface area contributed by atoms with Crippen molar-refractivity contribution in [3.05, 3.63) is 54.2 Å². The van der Waals surface area contributed by atoms with Gasteiger partial charge >= 0.3 is 6.18 Å². The van der Waals surface area contributed by atoms with Crippen molar-refractivity contribution in [2.45, 2.75) is 12.6 Å². The molecule has 228 valence electrons. The first kappa shape index (κ1) is 30.9. The van der Waals surface area contributed by atoms with E-state index in [1.807, 2.05) is 0 Å². The van der Waals surface area contributed by atoms with Crippen LogP contribution in [0.3, 0.4) is 0 Å². The molecule has 0 saturated carbocycles. The first-order valence-corrected chi connectivity index (χ1v) is 13.6. The summed E-state index contributed by atoms with van der Waals surface area (Å²) in [4.78, 5) is 11.4. The molecular formula is C24H22F4N8O6S. The van der Waals surface area contributed by atoms with Crippen molar-refractivity contribution < 1.29 is 44.9 Å². The monoisotopic (exact) mass is 626 g/mol. The summed E-state index contributed by atoms with van der Waals surface area (Å²) < 4.78 is 102. The van der Waals surface area contributed by atoms with Crippen LogP contribution < -0.4 is 23.7 Å². The van der Waals surface area contributed by atoms with Crippen LogP contribution in [0.2, 0.25) is 0 Å². The number of sulfonamides is 1. The van der Waals surface area contributed by atoms with Crippen molar-refractivity contribution in [2.24, 2.45) is 0 Å². The molecule has 0 aliphatic carbocycles. The van der Waals surface area contributed by atoms with Crippen LogP contribution in [0.5, 0.6) is 23.3 Å². The van der Waals surface area contributed by atoms with Crippen LogP contribution in [0.1, 0.15) is 5.82 Å². The van der Waals surface area contributed by atoms with Gasteiger partial charge in [-0.1, -0.05) is 12.1 Å². The molecule has 4 aromatic rings. The summed E-state index contributed by atoms with van der Waals surface area (Å²) in [5.41, 5.74) is 0.479. The molecule has 43 heavy (non-hydrogen) atoms. The van der Waals surface area contributed by atoms with Crippen molar-refractivity contribution in [1.82, 2.24) is 29.7 Å². The Morgan fingerprint density at radius 1 is 1.00 bits per heavy atom. The predicted molar refractivity (Wildman–Crippen MR) is 142 cm³/mol. The van der Waals surface area contributed by atoms with Crippen LogP contribution in [0.25, 0.3) is 17.2 Å². The SMILES string of the molecule is COc1cccc(-c2nnc(NS(=O)(=O)CCc3ncc(F)c(OC(=N)C(F)(F)F)n3)n2-c2c(OC)cccc2OC)n1. The number of hydrogen-bond donors (Lipinski definition) is 2. The highest BCUT2D eigenvalue weighted by molar-refractivity contribution is 7.92. The van der Waals surface area contributed by atoms with E-state index in [0.29, 0.717) is 6.20 Å². The van der Waals surface area contributed by atoms with Crippen LogP contribution in [-0.4, -0.2) is 77.3 Å². The molecule has 0 aliphatic heterocycles. The molecule has 14 nitrogen and oxygen atoms in total. The summed E-state index contributed by atoms with van der Waals surface area (Å²) in [7, 11) is -0.0825. The Bertz CT molecular complexity index is 1730. The number of rotatable bonds is 11. The van der Waals surface area contributed by atoms with E-state index < -0.39 is 46.0 Å². The Balaban J connectivity index is 1.68. The molecule has 0 spiro atoms. The Kier molecular flexibility index (Phi) is 8.93. The highest BCUT2D eigenvalue weighted by Gasteiger charge is 2.38. The largest absolute Gasteiger partial charge is 0.494 e. The van der Waals surface area contributed by atoms with Gasteiger partial charge in [0.2, 0.25) is 27.7 Å². The van der Waals surface area contributed by atoms with E-state index in [1.165, 1.54) is 25.9 Å². The first-order chi connectivity index (χ1) is 20.4. The van der Waals surface area contributed by atoms with E-state index in [4.69, 9.17) is 19.6 Å². The molecule has 3 aromatic heterocycles. The third-order valence-corrected chi connectivity index (χ3v) is 6.74. The smallest absolute Gasteiger partial charge is 0.468 e. The summed E-state index contributed by atoms with van der Waals surface area (Å²) in [5.74, 6) is -5.32. The zero-order chi connectivity index (χ0) is 31.4. The zero-order valence-electron chi connectivity index (χ0n) is 22.5. The van der Waals surface area contributed by atoms with Gasteiger partial charge in [0.1, 0.15) is 28.7 Å². The second kappa shape index (κ2) is 12.4. The van der Waals surface area contributed by atoms with Crippen LogP contribution in [0.15, 0.2) is 42.6 Å². The molecule has 0 unspecified atom stereocenters. The van der Waals surface area contributed by atoms with Gasteiger partial charge in [0.05, 0.1) is 33.3 Å². The average molecular weight is 627 g/mol. The molecule has 19 heteroatoms. The van der Waals surface area contributed by atoms with Gasteiger partial charge in [-0.3, -0.25) is 14.7 Å². The quantitative estimate of drug-likeness (QED) is 0.142. The maximum absolute atomic E-state index is 13.9. The van der Waals surface area contributed by atoms with Crippen LogP contribution >= 0.6 is 0 Å². The Morgan fingerprint density at radius 2 is 1.67 bits per heavy atom. The minimum Gasteiger partial charge on any atom is -0.494 e. The average Bonchev–Trinajstić information content (AvgIpc) is 3.38. The fourth-order valence-corrected chi connectivity index (χ4v) is 4.55. The molecule has 0 atom stereocenters. The van der Waals surface area contributed by atoms with Crippen molar-refractivity contribution in [3.8, 4) is 40.5 Å². The maximum atomic E-state index is 13.9. The number of anilines is 1. The highest BCUT2D eigenvalue weighted by Crippen LogP contribution is 2.37. The Labute approximate surface area is 241 Å². The number of alkyl halides is 3. The van der Waals surface area contributed by atoms with Crippen molar-refractivity contribution >= 4 is 21.9 Å². The van der Waals surface area contributed by atoms with Gasteiger partial charge in [0.15, 0.2) is 5.82 Å². The molecular weight excluding hydrogens is 604 g/mol. The molecule has 3 heterocycles. The lowest BCUT2D eigenvalue weighted by atomic mass is 10.2. The van der Waals surface area contributed by atoms with E-state index in [2.05, 4.69) is 34.6 Å².